The van der Waals surface area contributed by atoms with Crippen molar-refractivity contribution in [2.75, 3.05) is 25.8 Å². The van der Waals surface area contributed by atoms with Gasteiger partial charge in [-0.2, -0.15) is 0 Å². The Morgan fingerprint density at radius 3 is 2.79 bits per heavy atom. The normalized spacial score (nSPS) is 19.2. The van der Waals surface area contributed by atoms with Gasteiger partial charge in [0.15, 0.2) is 5.82 Å². The largest absolute Gasteiger partial charge is 0.497 e. The summed E-state index contributed by atoms with van der Waals surface area (Å²) in [5.74, 6) is 8.66. The number of nitrogens with zero attached hydrogens (tertiary/aromatic N) is 3. The number of nitrogens with two attached hydrogens (primary N) is 1. The van der Waals surface area contributed by atoms with E-state index in [9.17, 15) is 4.79 Å². The number of aromatic nitrogens is 3. The zero-order valence-electron chi connectivity index (χ0n) is 16.5. The Morgan fingerprint density at radius 2 is 2.07 bits per heavy atom. The summed E-state index contributed by atoms with van der Waals surface area (Å²) in [6, 6.07) is 5.64. The van der Waals surface area contributed by atoms with E-state index in [1.807, 2.05) is 6.07 Å². The highest BCUT2D eigenvalue weighted by atomic mass is 32.2. The third-order valence-corrected chi connectivity index (χ3v) is 6.05. The van der Waals surface area contributed by atoms with Crippen molar-refractivity contribution in [3.63, 3.8) is 0 Å². The first-order valence-corrected chi connectivity index (χ1v) is 10.4. The number of hydrogen-bond acceptors (Lipinski definition) is 7. The summed E-state index contributed by atoms with van der Waals surface area (Å²) in [4.78, 5) is 12.3. The lowest BCUT2D eigenvalue weighted by Gasteiger charge is -2.29. The Labute approximate surface area is 169 Å². The molecule has 0 radical (unpaired) electrons. The molecule has 1 saturated carbocycles. The van der Waals surface area contributed by atoms with Crippen molar-refractivity contribution >= 4 is 17.7 Å². The number of hydrogen-bond donors (Lipinski definition) is 2. The van der Waals surface area contributed by atoms with Crippen LogP contribution in [0.3, 0.4) is 0 Å². The number of nitrogen functional groups attached to an aromatic ring is 1. The van der Waals surface area contributed by atoms with E-state index < -0.39 is 0 Å². The number of benzene rings is 1. The molecule has 1 aromatic carbocycles. The SMILES string of the molecule is COc1ccc(-c2nnc(SCC(=O)N[C@H]3CCCC[C@H]3C)n2N)c(OC)c1. The molecule has 0 unspecified atom stereocenters. The molecular weight excluding hydrogens is 378 g/mol. The number of rotatable bonds is 7. The van der Waals surface area contributed by atoms with Crippen LogP contribution in [0.25, 0.3) is 11.4 Å². The van der Waals surface area contributed by atoms with Gasteiger partial charge in [0.2, 0.25) is 11.1 Å². The maximum absolute atomic E-state index is 12.3. The summed E-state index contributed by atoms with van der Waals surface area (Å²) < 4.78 is 12.0. The molecule has 0 saturated heterocycles. The summed E-state index contributed by atoms with van der Waals surface area (Å²) in [6.45, 7) is 2.20. The maximum atomic E-state index is 12.3. The topological polar surface area (TPSA) is 104 Å². The average Bonchev–Trinajstić information content (AvgIpc) is 3.07. The first-order chi connectivity index (χ1) is 13.5. The van der Waals surface area contributed by atoms with Crippen LogP contribution in [0.1, 0.15) is 32.6 Å². The van der Waals surface area contributed by atoms with Crippen LogP contribution < -0.4 is 20.6 Å². The summed E-state index contributed by atoms with van der Waals surface area (Å²) in [6.07, 6.45) is 4.64. The molecule has 2 aromatic rings. The number of carbonyl (C=O) groups is 1. The molecule has 9 heteroatoms. The van der Waals surface area contributed by atoms with Crippen LogP contribution >= 0.6 is 11.8 Å². The quantitative estimate of drug-likeness (QED) is 0.538. The molecule has 1 fully saturated rings. The van der Waals surface area contributed by atoms with Crippen LogP contribution in [0.4, 0.5) is 0 Å². The average molecular weight is 406 g/mol. The molecule has 1 heterocycles. The van der Waals surface area contributed by atoms with Crippen molar-refractivity contribution in [3.05, 3.63) is 18.2 Å². The van der Waals surface area contributed by atoms with E-state index in [2.05, 4.69) is 22.4 Å². The van der Waals surface area contributed by atoms with Gasteiger partial charge in [0.1, 0.15) is 11.5 Å². The molecule has 0 spiro atoms. The number of carbonyl (C=O) groups excluding carboxylic acids is 1. The van der Waals surface area contributed by atoms with E-state index in [1.165, 1.54) is 35.7 Å². The van der Waals surface area contributed by atoms with Crippen LogP contribution in [-0.2, 0) is 4.79 Å². The summed E-state index contributed by atoms with van der Waals surface area (Å²) in [5, 5.41) is 11.9. The lowest BCUT2D eigenvalue weighted by Crippen LogP contribution is -2.41. The van der Waals surface area contributed by atoms with Gasteiger partial charge in [-0.15, -0.1) is 10.2 Å². The van der Waals surface area contributed by atoms with Gasteiger partial charge in [0.25, 0.3) is 0 Å². The fourth-order valence-corrected chi connectivity index (χ4v) is 4.12. The van der Waals surface area contributed by atoms with Gasteiger partial charge in [-0.1, -0.05) is 31.5 Å². The Bertz CT molecular complexity index is 826. The molecule has 152 valence electrons. The maximum Gasteiger partial charge on any atom is 0.230 e. The van der Waals surface area contributed by atoms with Crippen molar-refractivity contribution < 1.29 is 14.3 Å². The van der Waals surface area contributed by atoms with Crippen LogP contribution in [0.2, 0.25) is 0 Å². The molecule has 3 rings (SSSR count). The molecule has 0 bridgehead atoms. The Morgan fingerprint density at radius 1 is 1.29 bits per heavy atom. The first-order valence-electron chi connectivity index (χ1n) is 9.38. The van der Waals surface area contributed by atoms with E-state index in [4.69, 9.17) is 15.3 Å². The Hall–Kier alpha value is -2.42. The Balaban J connectivity index is 1.66. The molecule has 8 nitrogen and oxygen atoms in total. The lowest BCUT2D eigenvalue weighted by molar-refractivity contribution is -0.119. The molecule has 1 aliphatic carbocycles. The van der Waals surface area contributed by atoms with E-state index in [1.54, 1.807) is 26.4 Å². The predicted molar refractivity (Wildman–Crippen MR) is 109 cm³/mol. The summed E-state index contributed by atoms with van der Waals surface area (Å²) >= 11 is 1.27. The predicted octanol–water partition coefficient (Wildman–Crippen LogP) is 2.46. The molecule has 28 heavy (non-hydrogen) atoms. The van der Waals surface area contributed by atoms with Crippen LogP contribution in [0.15, 0.2) is 23.4 Å². The highest BCUT2D eigenvalue weighted by Gasteiger charge is 2.23. The van der Waals surface area contributed by atoms with Crippen LogP contribution in [0, 0.1) is 5.92 Å². The molecule has 1 aromatic heterocycles. The number of thioether (sulfide) groups is 1. The van der Waals surface area contributed by atoms with Gasteiger partial charge in [0, 0.05) is 12.1 Å². The minimum absolute atomic E-state index is 0.00433. The van der Waals surface area contributed by atoms with E-state index in [0.717, 1.165) is 6.42 Å². The van der Waals surface area contributed by atoms with E-state index in [-0.39, 0.29) is 17.7 Å². The first kappa shape index (κ1) is 20.3. The number of amides is 1. The zero-order chi connectivity index (χ0) is 20.1. The fraction of sp³-hybridized carbons (Fsp3) is 0.526. The second-order valence-electron chi connectivity index (χ2n) is 6.97. The molecular formula is C19H27N5O3S. The minimum Gasteiger partial charge on any atom is -0.497 e. The second kappa shape index (κ2) is 9.18. The third kappa shape index (κ3) is 4.52. The summed E-state index contributed by atoms with van der Waals surface area (Å²) in [5.41, 5.74) is 0.700. The van der Waals surface area contributed by atoms with Gasteiger partial charge < -0.3 is 20.6 Å². The summed E-state index contributed by atoms with van der Waals surface area (Å²) in [7, 11) is 3.16. The monoisotopic (exact) mass is 405 g/mol. The van der Waals surface area contributed by atoms with Gasteiger partial charge in [0.05, 0.1) is 25.5 Å². The highest BCUT2D eigenvalue weighted by molar-refractivity contribution is 7.99. The smallest absolute Gasteiger partial charge is 0.230 e. The number of methoxy groups -OCH3 is 2. The fourth-order valence-electron chi connectivity index (χ4n) is 3.45. The molecule has 1 amide bonds. The second-order valence-corrected chi connectivity index (χ2v) is 7.91. The highest BCUT2D eigenvalue weighted by Crippen LogP contribution is 2.33. The van der Waals surface area contributed by atoms with Gasteiger partial charge in [-0.05, 0) is 30.9 Å². The molecule has 1 aliphatic rings. The van der Waals surface area contributed by atoms with Gasteiger partial charge in [-0.25, -0.2) is 4.68 Å². The zero-order valence-corrected chi connectivity index (χ0v) is 17.3. The van der Waals surface area contributed by atoms with Crippen molar-refractivity contribution in [2.24, 2.45) is 5.92 Å². The number of nitrogens with one attached hydrogen (secondary N) is 1. The Kier molecular flexibility index (Phi) is 6.66. The molecule has 2 atom stereocenters. The standard InChI is InChI=1S/C19H27N5O3S/c1-12-6-4-5-7-15(12)21-17(25)11-28-19-23-22-18(24(19)20)14-9-8-13(26-2)10-16(14)27-3/h8-10,12,15H,4-7,11,20H2,1-3H3,(H,21,25)/t12-,15+/m1/s1. The van der Waals surface area contributed by atoms with Crippen LogP contribution in [-0.4, -0.2) is 46.8 Å². The van der Waals surface area contributed by atoms with Crippen molar-refractivity contribution in [1.82, 2.24) is 20.2 Å². The van der Waals surface area contributed by atoms with Gasteiger partial charge in [-0.3, -0.25) is 4.79 Å². The minimum atomic E-state index is -0.00433. The van der Waals surface area contributed by atoms with Crippen molar-refractivity contribution in [3.8, 4) is 22.9 Å². The van der Waals surface area contributed by atoms with E-state index in [0.29, 0.717) is 34.0 Å². The van der Waals surface area contributed by atoms with Gasteiger partial charge >= 0.3 is 0 Å². The molecule has 0 aliphatic heterocycles. The van der Waals surface area contributed by atoms with Crippen molar-refractivity contribution in [1.29, 1.82) is 0 Å². The third-order valence-electron chi connectivity index (χ3n) is 5.10. The molecule has 3 N–H and O–H groups in total. The van der Waals surface area contributed by atoms with Crippen molar-refractivity contribution in [2.45, 2.75) is 43.8 Å². The van der Waals surface area contributed by atoms with Crippen LogP contribution in [0.5, 0.6) is 11.5 Å². The lowest BCUT2D eigenvalue weighted by atomic mass is 9.86. The van der Waals surface area contributed by atoms with E-state index >= 15 is 0 Å². The number of ether oxygens (including phenoxy) is 2.